The van der Waals surface area contributed by atoms with Crippen molar-refractivity contribution in [1.82, 2.24) is 9.38 Å². The SMILES string of the molecule is CCc1nc2ccccn2c1C(=O)c1cc(Cl)c(O)c(Br)c1. The average Bonchev–Trinajstić information content (AvgIpc) is 2.89. The second-order valence-electron chi connectivity index (χ2n) is 4.81. The molecule has 3 aromatic rings. The molecule has 4 nitrogen and oxygen atoms in total. The Labute approximate surface area is 140 Å². The molecule has 1 N–H and O–H groups in total. The van der Waals surface area contributed by atoms with Gasteiger partial charge in [-0.15, -0.1) is 0 Å². The van der Waals surface area contributed by atoms with Crippen LogP contribution in [0.3, 0.4) is 0 Å². The quantitative estimate of drug-likeness (QED) is 0.692. The van der Waals surface area contributed by atoms with E-state index in [4.69, 9.17) is 11.6 Å². The molecule has 0 saturated heterocycles. The van der Waals surface area contributed by atoms with Crippen LogP contribution in [0.1, 0.15) is 28.7 Å². The normalized spacial score (nSPS) is 11.0. The van der Waals surface area contributed by atoms with E-state index in [0.717, 1.165) is 11.3 Å². The third-order valence-electron chi connectivity index (χ3n) is 3.43. The molecule has 0 amide bonds. The third-order valence-corrected chi connectivity index (χ3v) is 4.32. The zero-order valence-corrected chi connectivity index (χ0v) is 14.0. The van der Waals surface area contributed by atoms with E-state index in [0.29, 0.717) is 22.2 Å². The van der Waals surface area contributed by atoms with Crippen LogP contribution in [0.5, 0.6) is 5.75 Å². The first kappa shape index (κ1) is 15.1. The van der Waals surface area contributed by atoms with Crippen molar-refractivity contribution >= 4 is 39.0 Å². The number of rotatable bonds is 3. The fourth-order valence-electron chi connectivity index (χ4n) is 2.36. The predicted molar refractivity (Wildman–Crippen MR) is 88.8 cm³/mol. The van der Waals surface area contributed by atoms with Gasteiger partial charge in [0.15, 0.2) is 0 Å². The number of aromatic nitrogens is 2. The maximum Gasteiger partial charge on any atom is 0.211 e. The number of carbonyl (C=O) groups excluding carboxylic acids is 1. The highest BCUT2D eigenvalue weighted by Gasteiger charge is 2.21. The molecule has 0 saturated carbocycles. The van der Waals surface area contributed by atoms with Crippen LogP contribution in [-0.2, 0) is 6.42 Å². The lowest BCUT2D eigenvalue weighted by atomic mass is 10.1. The molecule has 0 radical (unpaired) electrons. The van der Waals surface area contributed by atoms with Crippen molar-refractivity contribution in [3.05, 3.63) is 63.0 Å². The molecule has 0 aliphatic carbocycles. The number of aryl methyl sites for hydroxylation is 1. The summed E-state index contributed by atoms with van der Waals surface area (Å²) in [5.41, 5.74) is 2.38. The Hall–Kier alpha value is -1.85. The number of hydrogen-bond acceptors (Lipinski definition) is 3. The van der Waals surface area contributed by atoms with Gasteiger partial charge >= 0.3 is 0 Å². The summed E-state index contributed by atoms with van der Waals surface area (Å²) in [6.07, 6.45) is 2.46. The molecule has 6 heteroatoms. The van der Waals surface area contributed by atoms with Gasteiger partial charge in [0, 0.05) is 11.8 Å². The molecule has 0 atom stereocenters. The minimum absolute atomic E-state index is 0.0768. The van der Waals surface area contributed by atoms with Crippen LogP contribution < -0.4 is 0 Å². The number of hydrogen-bond donors (Lipinski definition) is 1. The zero-order chi connectivity index (χ0) is 15.9. The lowest BCUT2D eigenvalue weighted by Gasteiger charge is -2.06. The highest BCUT2D eigenvalue weighted by atomic mass is 79.9. The molecule has 0 aliphatic heterocycles. The van der Waals surface area contributed by atoms with E-state index in [1.807, 2.05) is 31.3 Å². The van der Waals surface area contributed by atoms with Gasteiger partial charge in [0.1, 0.15) is 17.1 Å². The van der Waals surface area contributed by atoms with Crippen molar-refractivity contribution < 1.29 is 9.90 Å². The lowest BCUT2D eigenvalue weighted by Crippen LogP contribution is -2.08. The number of phenols is 1. The van der Waals surface area contributed by atoms with Gasteiger partial charge in [-0.1, -0.05) is 24.6 Å². The monoisotopic (exact) mass is 378 g/mol. The van der Waals surface area contributed by atoms with Gasteiger partial charge in [-0.3, -0.25) is 9.20 Å². The number of ketones is 1. The van der Waals surface area contributed by atoms with Crippen LogP contribution in [-0.4, -0.2) is 20.3 Å². The van der Waals surface area contributed by atoms with Gasteiger partial charge in [-0.05, 0) is 46.6 Å². The van der Waals surface area contributed by atoms with Crippen molar-refractivity contribution in [2.45, 2.75) is 13.3 Å². The Morgan fingerprint density at radius 2 is 2.18 bits per heavy atom. The topological polar surface area (TPSA) is 54.6 Å². The Morgan fingerprint density at radius 1 is 1.41 bits per heavy atom. The highest BCUT2D eigenvalue weighted by Crippen LogP contribution is 2.34. The van der Waals surface area contributed by atoms with Crippen LogP contribution >= 0.6 is 27.5 Å². The molecule has 0 unspecified atom stereocenters. The maximum atomic E-state index is 12.9. The molecule has 22 heavy (non-hydrogen) atoms. The largest absolute Gasteiger partial charge is 0.505 e. The summed E-state index contributed by atoms with van der Waals surface area (Å²) >= 11 is 9.17. The predicted octanol–water partition coefficient (Wildman–Crippen LogP) is 4.25. The number of pyridine rings is 1. The second kappa shape index (κ2) is 5.74. The molecule has 0 bridgehead atoms. The number of nitrogens with zero attached hydrogens (tertiary/aromatic N) is 2. The maximum absolute atomic E-state index is 12.9. The summed E-state index contributed by atoms with van der Waals surface area (Å²) in [5, 5.41) is 9.84. The minimum Gasteiger partial charge on any atom is -0.505 e. The van der Waals surface area contributed by atoms with E-state index in [1.54, 1.807) is 10.5 Å². The highest BCUT2D eigenvalue weighted by molar-refractivity contribution is 9.10. The smallest absolute Gasteiger partial charge is 0.211 e. The van der Waals surface area contributed by atoms with E-state index in [1.165, 1.54) is 6.07 Å². The van der Waals surface area contributed by atoms with E-state index in [2.05, 4.69) is 20.9 Å². The number of phenolic OH excluding ortho intramolecular Hbond substituents is 1. The van der Waals surface area contributed by atoms with E-state index >= 15 is 0 Å². The standard InChI is InChI=1S/C16H12BrClN2O2/c1-2-12-14(20-6-4-3-5-13(20)19-12)15(21)9-7-10(17)16(22)11(18)8-9/h3-8,22H,2H2,1H3. The minimum atomic E-state index is -0.182. The molecule has 3 rings (SSSR count). The van der Waals surface area contributed by atoms with Gasteiger partial charge in [-0.25, -0.2) is 4.98 Å². The van der Waals surface area contributed by atoms with Crippen LogP contribution in [0.25, 0.3) is 5.65 Å². The number of imidazole rings is 1. The summed E-state index contributed by atoms with van der Waals surface area (Å²) in [5.74, 6) is -0.259. The molecule has 2 aromatic heterocycles. The van der Waals surface area contributed by atoms with Crippen molar-refractivity contribution in [3.8, 4) is 5.75 Å². The number of carbonyl (C=O) groups is 1. The van der Waals surface area contributed by atoms with Gasteiger partial charge in [0.2, 0.25) is 5.78 Å². The molecule has 0 spiro atoms. The third kappa shape index (κ3) is 2.40. The molecular weight excluding hydrogens is 368 g/mol. The Kier molecular flexibility index (Phi) is 3.93. The van der Waals surface area contributed by atoms with Crippen molar-refractivity contribution in [1.29, 1.82) is 0 Å². The van der Waals surface area contributed by atoms with E-state index < -0.39 is 0 Å². The Balaban J connectivity index is 2.21. The van der Waals surface area contributed by atoms with E-state index in [-0.39, 0.29) is 16.6 Å². The summed E-state index contributed by atoms with van der Waals surface area (Å²) < 4.78 is 2.16. The van der Waals surface area contributed by atoms with Crippen LogP contribution in [0.4, 0.5) is 0 Å². The molecule has 0 fully saturated rings. The van der Waals surface area contributed by atoms with Gasteiger partial charge in [0.25, 0.3) is 0 Å². The Morgan fingerprint density at radius 3 is 2.86 bits per heavy atom. The first-order chi connectivity index (χ1) is 10.5. The number of halogens is 2. The molecule has 2 heterocycles. The summed E-state index contributed by atoms with van der Waals surface area (Å²) in [7, 11) is 0. The molecule has 1 aromatic carbocycles. The van der Waals surface area contributed by atoms with Gasteiger partial charge < -0.3 is 5.11 Å². The van der Waals surface area contributed by atoms with Gasteiger partial charge in [-0.2, -0.15) is 0 Å². The Bertz CT molecular complexity index is 866. The average molecular weight is 380 g/mol. The molecule has 112 valence electrons. The summed E-state index contributed by atoms with van der Waals surface area (Å²) in [6.45, 7) is 1.96. The lowest BCUT2D eigenvalue weighted by molar-refractivity contribution is 0.103. The first-order valence-corrected chi connectivity index (χ1v) is 7.88. The summed E-state index contributed by atoms with van der Waals surface area (Å²) in [6, 6.07) is 8.61. The molecule has 0 aliphatic rings. The molecular formula is C16H12BrClN2O2. The summed E-state index contributed by atoms with van der Waals surface area (Å²) in [4.78, 5) is 17.4. The first-order valence-electron chi connectivity index (χ1n) is 6.71. The number of benzene rings is 1. The number of aromatic hydroxyl groups is 1. The zero-order valence-electron chi connectivity index (χ0n) is 11.7. The van der Waals surface area contributed by atoms with E-state index in [9.17, 15) is 9.90 Å². The van der Waals surface area contributed by atoms with Crippen LogP contribution in [0.2, 0.25) is 5.02 Å². The van der Waals surface area contributed by atoms with Gasteiger partial charge in [0.05, 0.1) is 15.2 Å². The van der Waals surface area contributed by atoms with Crippen molar-refractivity contribution in [3.63, 3.8) is 0 Å². The van der Waals surface area contributed by atoms with Crippen molar-refractivity contribution in [2.75, 3.05) is 0 Å². The van der Waals surface area contributed by atoms with Crippen LogP contribution in [0, 0.1) is 0 Å². The fraction of sp³-hybridized carbons (Fsp3) is 0.125. The fourth-order valence-corrected chi connectivity index (χ4v) is 3.16. The second-order valence-corrected chi connectivity index (χ2v) is 6.07. The van der Waals surface area contributed by atoms with Crippen LogP contribution in [0.15, 0.2) is 41.0 Å². The van der Waals surface area contributed by atoms with Crippen molar-refractivity contribution in [2.24, 2.45) is 0 Å². The number of fused-ring (bicyclic) bond motifs is 1.